The lowest BCUT2D eigenvalue weighted by Gasteiger charge is -2.05. The average Bonchev–Trinajstić information content (AvgIpc) is 1.77. The van der Waals surface area contributed by atoms with Crippen LogP contribution in [0, 0.1) is 0 Å². The van der Waals surface area contributed by atoms with Crippen LogP contribution in [-0.2, 0) is 0 Å². The molecule has 8 heavy (non-hydrogen) atoms. The Morgan fingerprint density at radius 1 is 1.50 bits per heavy atom. The predicted octanol–water partition coefficient (Wildman–Crippen LogP) is 0.431. The molecule has 0 saturated heterocycles. The van der Waals surface area contributed by atoms with Crippen LogP contribution in [0.1, 0.15) is 0 Å². The number of nitrogens with one attached hydrogen (secondary N) is 1. The number of hydrogen-bond acceptors (Lipinski definition) is 3. The minimum Gasteiger partial charge on any atom is -0.507 e. The summed E-state index contributed by atoms with van der Waals surface area (Å²) in [7, 11) is 0. The van der Waals surface area contributed by atoms with Gasteiger partial charge in [0.1, 0.15) is 0 Å². The lowest BCUT2D eigenvalue weighted by Crippen LogP contribution is -2.14. The maximum atomic E-state index is 8.69. The zero-order valence-corrected chi connectivity index (χ0v) is 4.26. The van der Waals surface area contributed by atoms with Gasteiger partial charge in [0.2, 0.25) is 0 Å². The highest BCUT2D eigenvalue weighted by molar-refractivity contribution is 5.18. The highest BCUT2D eigenvalue weighted by atomic mass is 16.3. The Labute approximate surface area is 47.0 Å². The number of hydrogen-bond donors (Lipinski definition) is 3. The number of aliphatic hydroxyl groups is 2. The second-order valence-corrected chi connectivity index (χ2v) is 1.55. The molecule has 3 nitrogen and oxygen atoms in total. The Balaban J connectivity index is 2.76. The highest BCUT2D eigenvalue weighted by Gasteiger charge is 2.01. The molecule has 0 radical (unpaired) electrons. The summed E-state index contributed by atoms with van der Waals surface area (Å²) in [5.41, 5.74) is 0. The molecule has 0 atom stereocenters. The zero-order valence-electron chi connectivity index (χ0n) is 4.26. The number of allylic oxidation sites excluding steroid dienone is 1. The maximum Gasteiger partial charge on any atom is 0.156 e. The van der Waals surface area contributed by atoms with E-state index in [9.17, 15) is 0 Å². The second-order valence-electron chi connectivity index (χ2n) is 1.55. The standard InChI is InChI=1S/C5H7NO2/c7-4-1-2-6-3-5(4)8/h1-2,6-8H,3H2. The van der Waals surface area contributed by atoms with Crippen LogP contribution in [0.25, 0.3) is 0 Å². The molecule has 1 heterocycles. The highest BCUT2D eigenvalue weighted by Crippen LogP contribution is 2.00. The molecule has 1 aliphatic heterocycles. The van der Waals surface area contributed by atoms with Crippen LogP contribution in [-0.4, -0.2) is 16.8 Å². The van der Waals surface area contributed by atoms with Crippen LogP contribution in [0.2, 0.25) is 0 Å². The zero-order chi connectivity index (χ0) is 5.98. The molecular formula is C5H7NO2. The Bertz CT molecular complexity index is 149. The summed E-state index contributed by atoms with van der Waals surface area (Å²) < 4.78 is 0. The lowest BCUT2D eigenvalue weighted by atomic mass is 10.3. The summed E-state index contributed by atoms with van der Waals surface area (Å²) in [6.07, 6.45) is 2.98. The van der Waals surface area contributed by atoms with Crippen molar-refractivity contribution in [2.45, 2.75) is 0 Å². The molecule has 0 spiro atoms. The van der Waals surface area contributed by atoms with Crippen molar-refractivity contribution in [3.05, 3.63) is 23.8 Å². The first-order valence-corrected chi connectivity index (χ1v) is 2.32. The fourth-order valence-corrected chi connectivity index (χ4v) is 0.480. The van der Waals surface area contributed by atoms with Gasteiger partial charge in [-0.3, -0.25) is 0 Å². The maximum absolute atomic E-state index is 8.69. The molecule has 0 aromatic carbocycles. The Morgan fingerprint density at radius 3 is 2.62 bits per heavy atom. The first kappa shape index (κ1) is 5.03. The van der Waals surface area contributed by atoms with Gasteiger partial charge in [0, 0.05) is 6.20 Å². The molecule has 0 aromatic heterocycles. The predicted molar refractivity (Wildman–Crippen MR) is 29.4 cm³/mol. The summed E-state index contributed by atoms with van der Waals surface area (Å²) in [5.74, 6) is -0.0590. The average molecular weight is 113 g/mol. The summed E-state index contributed by atoms with van der Waals surface area (Å²) in [5, 5.41) is 20.1. The van der Waals surface area contributed by atoms with E-state index >= 15 is 0 Å². The molecule has 3 heteroatoms. The van der Waals surface area contributed by atoms with E-state index < -0.39 is 0 Å². The van der Waals surface area contributed by atoms with E-state index in [1.54, 1.807) is 6.20 Å². The van der Waals surface area contributed by atoms with Gasteiger partial charge in [-0.25, -0.2) is 0 Å². The molecule has 0 amide bonds. The number of aliphatic hydroxyl groups excluding tert-OH is 2. The van der Waals surface area contributed by atoms with Crippen LogP contribution in [0.3, 0.4) is 0 Å². The smallest absolute Gasteiger partial charge is 0.156 e. The SMILES string of the molecule is OC1=C(O)CNC=C1. The molecule has 0 aliphatic carbocycles. The van der Waals surface area contributed by atoms with Crippen molar-refractivity contribution in [2.24, 2.45) is 0 Å². The van der Waals surface area contributed by atoms with Crippen molar-refractivity contribution in [2.75, 3.05) is 6.54 Å². The quantitative estimate of drug-likeness (QED) is 0.427. The van der Waals surface area contributed by atoms with Crippen LogP contribution in [0.5, 0.6) is 0 Å². The summed E-state index contributed by atoms with van der Waals surface area (Å²) in [6, 6.07) is 0. The van der Waals surface area contributed by atoms with Crippen molar-refractivity contribution >= 4 is 0 Å². The third kappa shape index (κ3) is 0.753. The van der Waals surface area contributed by atoms with Gasteiger partial charge < -0.3 is 15.5 Å². The third-order valence-corrected chi connectivity index (χ3v) is 0.924. The van der Waals surface area contributed by atoms with E-state index in [-0.39, 0.29) is 11.5 Å². The largest absolute Gasteiger partial charge is 0.507 e. The normalized spacial score (nSPS) is 18.5. The van der Waals surface area contributed by atoms with E-state index in [0.29, 0.717) is 6.54 Å². The van der Waals surface area contributed by atoms with E-state index in [1.165, 1.54) is 6.08 Å². The molecule has 44 valence electrons. The number of dihydropyridines is 1. The van der Waals surface area contributed by atoms with Gasteiger partial charge in [-0.15, -0.1) is 0 Å². The molecule has 0 aromatic rings. The first-order chi connectivity index (χ1) is 3.80. The molecule has 1 aliphatic rings. The van der Waals surface area contributed by atoms with Crippen molar-refractivity contribution in [3.8, 4) is 0 Å². The van der Waals surface area contributed by atoms with Crippen molar-refractivity contribution < 1.29 is 10.2 Å². The second kappa shape index (κ2) is 1.78. The Morgan fingerprint density at radius 2 is 2.25 bits per heavy atom. The summed E-state index contributed by atoms with van der Waals surface area (Å²) in [4.78, 5) is 0. The van der Waals surface area contributed by atoms with Gasteiger partial charge in [-0.2, -0.15) is 0 Å². The fraction of sp³-hybridized carbons (Fsp3) is 0.200. The van der Waals surface area contributed by atoms with Gasteiger partial charge in [-0.05, 0) is 6.08 Å². The minimum absolute atomic E-state index is 0.00694. The van der Waals surface area contributed by atoms with Gasteiger partial charge in [0.25, 0.3) is 0 Å². The summed E-state index contributed by atoms with van der Waals surface area (Å²) in [6.45, 7) is 0.322. The van der Waals surface area contributed by atoms with E-state index in [2.05, 4.69) is 5.32 Å². The van der Waals surface area contributed by atoms with Crippen LogP contribution < -0.4 is 5.32 Å². The van der Waals surface area contributed by atoms with Gasteiger partial charge in [0.05, 0.1) is 6.54 Å². The van der Waals surface area contributed by atoms with E-state index in [1.807, 2.05) is 0 Å². The summed E-state index contributed by atoms with van der Waals surface area (Å²) >= 11 is 0. The fourth-order valence-electron chi connectivity index (χ4n) is 0.480. The Hall–Kier alpha value is -1.12. The first-order valence-electron chi connectivity index (χ1n) is 2.32. The molecule has 0 unspecified atom stereocenters. The number of rotatable bonds is 0. The monoisotopic (exact) mass is 113 g/mol. The molecule has 0 bridgehead atoms. The van der Waals surface area contributed by atoms with Crippen LogP contribution in [0.15, 0.2) is 23.8 Å². The minimum atomic E-state index is -0.0521. The van der Waals surface area contributed by atoms with E-state index in [4.69, 9.17) is 10.2 Å². The van der Waals surface area contributed by atoms with Crippen LogP contribution >= 0.6 is 0 Å². The van der Waals surface area contributed by atoms with Gasteiger partial charge >= 0.3 is 0 Å². The van der Waals surface area contributed by atoms with Gasteiger partial charge in [0.15, 0.2) is 11.5 Å². The van der Waals surface area contributed by atoms with E-state index in [0.717, 1.165) is 0 Å². The van der Waals surface area contributed by atoms with Crippen molar-refractivity contribution in [3.63, 3.8) is 0 Å². The Kier molecular flexibility index (Phi) is 1.12. The lowest BCUT2D eigenvalue weighted by molar-refractivity contribution is 0.323. The van der Waals surface area contributed by atoms with Crippen molar-refractivity contribution in [1.29, 1.82) is 0 Å². The molecular weight excluding hydrogens is 106 g/mol. The van der Waals surface area contributed by atoms with Gasteiger partial charge in [-0.1, -0.05) is 0 Å². The third-order valence-electron chi connectivity index (χ3n) is 0.924. The molecule has 1 rings (SSSR count). The van der Waals surface area contributed by atoms with Crippen molar-refractivity contribution in [1.82, 2.24) is 5.32 Å². The molecule has 3 N–H and O–H groups in total. The topological polar surface area (TPSA) is 52.5 Å². The molecule has 0 saturated carbocycles. The van der Waals surface area contributed by atoms with Crippen LogP contribution in [0.4, 0.5) is 0 Å². The molecule has 0 fully saturated rings.